The highest BCUT2D eigenvalue weighted by molar-refractivity contribution is 5.92. The number of hydrogen-bond donors (Lipinski definition) is 2. The van der Waals surface area contributed by atoms with E-state index in [0.29, 0.717) is 49.1 Å². The average Bonchev–Trinajstić information content (AvgIpc) is 3.53. The van der Waals surface area contributed by atoms with Crippen molar-refractivity contribution in [2.45, 2.75) is 62.7 Å². The van der Waals surface area contributed by atoms with Crippen LogP contribution in [0.15, 0.2) is 48.5 Å². The van der Waals surface area contributed by atoms with Crippen LogP contribution in [0, 0.1) is 23.0 Å². The molecule has 46 heavy (non-hydrogen) atoms. The van der Waals surface area contributed by atoms with Crippen LogP contribution in [-0.2, 0) is 29.2 Å². The van der Waals surface area contributed by atoms with Crippen molar-refractivity contribution in [1.82, 2.24) is 19.8 Å². The quantitative estimate of drug-likeness (QED) is 0.298. The second-order valence-electron chi connectivity index (χ2n) is 12.5. The van der Waals surface area contributed by atoms with Crippen LogP contribution in [0.4, 0.5) is 8.78 Å². The molecule has 4 atom stereocenters. The lowest BCUT2D eigenvalue weighted by Crippen LogP contribution is -2.70. The van der Waals surface area contributed by atoms with Crippen molar-refractivity contribution >= 4 is 17.0 Å². The van der Waals surface area contributed by atoms with Gasteiger partial charge in [-0.15, -0.1) is 0 Å². The zero-order chi connectivity index (χ0) is 31.8. The Labute approximate surface area is 263 Å². The summed E-state index contributed by atoms with van der Waals surface area (Å²) < 4.78 is 50.9. The molecule has 3 fully saturated rings. The van der Waals surface area contributed by atoms with Crippen LogP contribution in [0.3, 0.4) is 0 Å². The van der Waals surface area contributed by atoms with Crippen LogP contribution in [0.1, 0.15) is 59.1 Å². The van der Waals surface area contributed by atoms with Gasteiger partial charge in [0.1, 0.15) is 17.2 Å². The summed E-state index contributed by atoms with van der Waals surface area (Å²) in [6.07, 6.45) is 2.51. The molecule has 4 aromatic rings. The van der Waals surface area contributed by atoms with Gasteiger partial charge in [0.15, 0.2) is 17.3 Å². The highest BCUT2D eigenvalue weighted by atomic mass is 19.1. The second kappa shape index (κ2) is 10.5. The van der Waals surface area contributed by atoms with Crippen LogP contribution in [0.25, 0.3) is 11.0 Å². The number of carboxylic acids is 1. The summed E-state index contributed by atoms with van der Waals surface area (Å²) in [5.74, 6) is -2.29. The number of ether oxygens (including phenoxy) is 3. The van der Waals surface area contributed by atoms with E-state index in [9.17, 15) is 15.2 Å². The minimum Gasteiger partial charge on any atom is -0.478 e. The first-order valence-electron chi connectivity index (χ1n) is 15.4. The molecular formula is C34H31F2N5O5. The van der Waals surface area contributed by atoms with Crippen LogP contribution in [0.2, 0.25) is 0 Å². The summed E-state index contributed by atoms with van der Waals surface area (Å²) in [4.78, 5) is 18.9. The van der Waals surface area contributed by atoms with Crippen LogP contribution in [0.5, 0.6) is 11.5 Å². The van der Waals surface area contributed by atoms with Crippen molar-refractivity contribution in [3.8, 4) is 17.6 Å². The third-order valence-corrected chi connectivity index (χ3v) is 10.0. The first-order valence-corrected chi connectivity index (χ1v) is 15.4. The molecule has 12 heteroatoms. The molecule has 1 aliphatic carbocycles. The number of nitrogens with one attached hydrogen (secondary N) is 1. The maximum Gasteiger partial charge on any atom is 0.335 e. The zero-order valence-corrected chi connectivity index (χ0v) is 25.1. The molecule has 1 saturated carbocycles. The number of aromatic nitrogens is 2. The van der Waals surface area contributed by atoms with Gasteiger partial charge in [-0.1, -0.05) is 12.1 Å². The molecule has 10 nitrogen and oxygen atoms in total. The van der Waals surface area contributed by atoms with E-state index in [-0.39, 0.29) is 34.4 Å². The van der Waals surface area contributed by atoms with Crippen molar-refractivity contribution < 1.29 is 32.9 Å². The number of carbonyl (C=O) groups is 1. The SMILES string of the molecule is C[C@@]1(c2ccc(C#N)cc2F)Oc2cccc(C34CCC3NCCN4Cc3nc4c(F)cc(C(=O)O)cc4n3C[C@@H]3CCO3)c2O1. The Kier molecular flexibility index (Phi) is 6.58. The van der Waals surface area contributed by atoms with Crippen molar-refractivity contribution in [3.63, 3.8) is 0 Å². The lowest BCUT2D eigenvalue weighted by atomic mass is 9.64. The lowest BCUT2D eigenvalue weighted by molar-refractivity contribution is -0.0807. The van der Waals surface area contributed by atoms with Gasteiger partial charge >= 0.3 is 5.97 Å². The van der Waals surface area contributed by atoms with Gasteiger partial charge in [-0.25, -0.2) is 18.6 Å². The number of nitrogens with zero attached hydrogens (tertiary/aromatic N) is 4. The van der Waals surface area contributed by atoms with Gasteiger partial charge in [-0.3, -0.25) is 4.90 Å². The van der Waals surface area contributed by atoms with Crippen LogP contribution in [-0.4, -0.2) is 57.4 Å². The molecule has 3 aromatic carbocycles. The molecule has 3 aliphatic heterocycles. The minimum absolute atomic E-state index is 0.0654. The minimum atomic E-state index is -1.45. The number of piperazine rings is 1. The normalized spacial score (nSPS) is 26.7. The van der Waals surface area contributed by atoms with Gasteiger partial charge in [0.05, 0.1) is 53.0 Å². The smallest absolute Gasteiger partial charge is 0.335 e. The Morgan fingerprint density at radius 1 is 1.15 bits per heavy atom. The van der Waals surface area contributed by atoms with E-state index in [1.165, 1.54) is 24.3 Å². The predicted octanol–water partition coefficient (Wildman–Crippen LogP) is 4.78. The molecule has 2 saturated heterocycles. The topological polar surface area (TPSA) is 122 Å². The number of benzene rings is 3. The van der Waals surface area contributed by atoms with E-state index in [0.717, 1.165) is 37.4 Å². The molecular weight excluding hydrogens is 596 g/mol. The first-order chi connectivity index (χ1) is 22.2. The maximum atomic E-state index is 15.3. The van der Waals surface area contributed by atoms with Gasteiger partial charge < -0.3 is 29.2 Å². The predicted molar refractivity (Wildman–Crippen MR) is 160 cm³/mol. The number of para-hydroxylation sites is 1. The number of nitriles is 1. The number of rotatable bonds is 7. The molecule has 8 rings (SSSR count). The number of aromatic carboxylic acids is 1. The number of imidazole rings is 1. The third-order valence-electron chi connectivity index (χ3n) is 10.0. The Morgan fingerprint density at radius 3 is 2.70 bits per heavy atom. The fourth-order valence-electron chi connectivity index (χ4n) is 7.51. The van der Waals surface area contributed by atoms with Gasteiger partial charge in [0.2, 0.25) is 0 Å². The molecule has 0 bridgehead atoms. The first kappa shape index (κ1) is 28.9. The maximum absolute atomic E-state index is 15.3. The molecule has 236 valence electrons. The van der Waals surface area contributed by atoms with E-state index >= 15 is 8.78 Å². The molecule has 2 unspecified atom stereocenters. The van der Waals surface area contributed by atoms with Gasteiger partial charge in [-0.2, -0.15) is 5.26 Å². The van der Waals surface area contributed by atoms with Crippen LogP contribution >= 0.6 is 0 Å². The number of carboxylic acid groups (broad SMARTS) is 1. The monoisotopic (exact) mass is 627 g/mol. The second-order valence-corrected chi connectivity index (χ2v) is 12.5. The van der Waals surface area contributed by atoms with Crippen molar-refractivity contribution in [1.29, 1.82) is 5.26 Å². The third kappa shape index (κ3) is 4.30. The highest BCUT2D eigenvalue weighted by Gasteiger charge is 2.57. The lowest BCUT2D eigenvalue weighted by Gasteiger charge is -2.59. The summed E-state index contributed by atoms with van der Waals surface area (Å²) in [5, 5.41) is 22.5. The van der Waals surface area contributed by atoms with Crippen molar-refractivity contribution in [2.24, 2.45) is 0 Å². The van der Waals surface area contributed by atoms with E-state index in [4.69, 9.17) is 19.2 Å². The largest absolute Gasteiger partial charge is 0.478 e. The van der Waals surface area contributed by atoms with Gasteiger partial charge in [0, 0.05) is 38.2 Å². The van der Waals surface area contributed by atoms with E-state index in [1.807, 2.05) is 22.8 Å². The summed E-state index contributed by atoms with van der Waals surface area (Å²) in [6.45, 7) is 4.51. The van der Waals surface area contributed by atoms with Crippen molar-refractivity contribution in [2.75, 3.05) is 19.7 Å². The molecule has 4 aliphatic rings. The van der Waals surface area contributed by atoms with Crippen molar-refractivity contribution in [3.05, 3.63) is 88.2 Å². The standard InChI is InChI=1S/C34H31F2N5O5/c1-33(22-6-5-19(16-37)13-24(22)35)45-27-4-2-3-23(31(27)46-33)34-9-7-28(34)38-10-11-40(34)18-29-39-30-25(36)14-20(32(42)43)15-26(30)41(29)17-21-8-12-44-21/h2-6,13-15,21,28,38H,7-12,17-18H2,1H3,(H,42,43)/t21-,28?,33+,34?/m0/s1. The molecule has 4 heterocycles. The fourth-order valence-corrected chi connectivity index (χ4v) is 7.51. The highest BCUT2D eigenvalue weighted by Crippen LogP contribution is 2.56. The Morgan fingerprint density at radius 2 is 2.00 bits per heavy atom. The average molecular weight is 628 g/mol. The van der Waals surface area contributed by atoms with E-state index in [1.54, 1.807) is 13.0 Å². The van der Waals surface area contributed by atoms with E-state index < -0.39 is 28.9 Å². The summed E-state index contributed by atoms with van der Waals surface area (Å²) in [5.41, 5.74) is 1.18. The molecule has 1 aromatic heterocycles. The molecule has 2 N–H and O–H groups in total. The van der Waals surface area contributed by atoms with Gasteiger partial charge in [0.25, 0.3) is 5.79 Å². The number of fused-ring (bicyclic) bond motifs is 3. The van der Waals surface area contributed by atoms with Gasteiger partial charge in [-0.05, 0) is 55.7 Å². The Hall–Kier alpha value is -4.57. The zero-order valence-electron chi connectivity index (χ0n) is 25.1. The molecule has 0 spiro atoms. The molecule has 0 amide bonds. The summed E-state index contributed by atoms with van der Waals surface area (Å²) in [7, 11) is 0. The Bertz CT molecular complexity index is 1950. The summed E-state index contributed by atoms with van der Waals surface area (Å²) in [6, 6.07) is 14.5. The number of halogens is 2. The summed E-state index contributed by atoms with van der Waals surface area (Å²) >= 11 is 0. The fraction of sp³-hybridized carbons (Fsp3) is 0.382. The Balaban J connectivity index is 1.19. The van der Waals surface area contributed by atoms with E-state index in [2.05, 4.69) is 10.2 Å². The van der Waals surface area contributed by atoms with Crippen LogP contribution < -0.4 is 14.8 Å². The number of hydrogen-bond acceptors (Lipinski definition) is 8. The molecule has 0 radical (unpaired) electrons.